The van der Waals surface area contributed by atoms with Crippen molar-refractivity contribution < 1.29 is 23.6 Å². The molecule has 3 aromatic rings. The Morgan fingerprint density at radius 2 is 1.86 bits per heavy atom. The van der Waals surface area contributed by atoms with Crippen molar-refractivity contribution in [1.29, 1.82) is 0 Å². The van der Waals surface area contributed by atoms with Gasteiger partial charge in [0.15, 0.2) is 11.5 Å². The summed E-state index contributed by atoms with van der Waals surface area (Å²) >= 11 is 0. The van der Waals surface area contributed by atoms with Crippen molar-refractivity contribution in [2.75, 3.05) is 6.79 Å². The zero-order chi connectivity index (χ0) is 19.5. The molecule has 1 aliphatic heterocycles. The molecule has 0 aliphatic carbocycles. The molecule has 9 nitrogen and oxygen atoms in total. The number of furan rings is 1. The van der Waals surface area contributed by atoms with Gasteiger partial charge in [-0.25, -0.2) is 5.43 Å². The number of rotatable bonds is 5. The number of hydrazone groups is 1. The molecular weight excluding hydrogens is 366 g/mol. The van der Waals surface area contributed by atoms with Crippen LogP contribution in [0.25, 0.3) is 11.3 Å². The molecular formula is C19H13N3O6. The number of nitrogens with one attached hydrogen (secondary N) is 1. The van der Waals surface area contributed by atoms with Gasteiger partial charge in [0.25, 0.3) is 11.6 Å². The van der Waals surface area contributed by atoms with Crippen LogP contribution >= 0.6 is 0 Å². The van der Waals surface area contributed by atoms with Crippen LogP contribution in [0.1, 0.15) is 16.1 Å². The molecule has 0 unspecified atom stereocenters. The van der Waals surface area contributed by atoms with Crippen molar-refractivity contribution in [3.8, 4) is 22.8 Å². The van der Waals surface area contributed by atoms with Crippen LogP contribution in [0, 0.1) is 10.1 Å². The van der Waals surface area contributed by atoms with Crippen LogP contribution in [0.2, 0.25) is 0 Å². The van der Waals surface area contributed by atoms with E-state index in [4.69, 9.17) is 13.9 Å². The Balaban J connectivity index is 1.40. The van der Waals surface area contributed by atoms with E-state index in [2.05, 4.69) is 10.5 Å². The number of hydrogen-bond acceptors (Lipinski definition) is 7. The zero-order valence-corrected chi connectivity index (χ0v) is 14.3. The SMILES string of the molecule is O=C(N/N=C/c1ccc(-c2ccc([N+](=O)[O-])cc2)o1)c1ccc2c(c1)OCO2. The van der Waals surface area contributed by atoms with E-state index >= 15 is 0 Å². The van der Waals surface area contributed by atoms with Crippen LogP contribution in [0.15, 0.2) is 64.1 Å². The highest BCUT2D eigenvalue weighted by Gasteiger charge is 2.16. The lowest BCUT2D eigenvalue weighted by Crippen LogP contribution is -2.17. The number of hydrogen-bond donors (Lipinski definition) is 1. The molecule has 0 saturated carbocycles. The maximum atomic E-state index is 12.1. The Morgan fingerprint density at radius 3 is 2.64 bits per heavy atom. The lowest BCUT2D eigenvalue weighted by molar-refractivity contribution is -0.384. The highest BCUT2D eigenvalue weighted by atomic mass is 16.7. The molecule has 2 heterocycles. The average molecular weight is 379 g/mol. The van der Waals surface area contributed by atoms with Crippen LogP contribution < -0.4 is 14.9 Å². The fourth-order valence-electron chi connectivity index (χ4n) is 2.58. The van der Waals surface area contributed by atoms with Gasteiger partial charge >= 0.3 is 0 Å². The number of amides is 1. The van der Waals surface area contributed by atoms with Gasteiger partial charge in [0.1, 0.15) is 11.5 Å². The topological polar surface area (TPSA) is 116 Å². The smallest absolute Gasteiger partial charge is 0.271 e. The van der Waals surface area contributed by atoms with E-state index in [0.717, 1.165) is 0 Å². The highest BCUT2D eigenvalue weighted by Crippen LogP contribution is 2.32. The Kier molecular flexibility index (Phi) is 4.47. The largest absolute Gasteiger partial charge is 0.455 e. The monoisotopic (exact) mass is 379 g/mol. The van der Waals surface area contributed by atoms with Gasteiger partial charge in [0.2, 0.25) is 6.79 Å². The average Bonchev–Trinajstić information content (AvgIpc) is 3.36. The van der Waals surface area contributed by atoms with Gasteiger partial charge in [-0.3, -0.25) is 14.9 Å². The Bertz CT molecular complexity index is 1070. The number of nitro groups is 1. The first-order valence-corrected chi connectivity index (χ1v) is 8.18. The van der Waals surface area contributed by atoms with Gasteiger partial charge in [0.05, 0.1) is 11.1 Å². The lowest BCUT2D eigenvalue weighted by atomic mass is 10.1. The fourth-order valence-corrected chi connectivity index (χ4v) is 2.58. The molecule has 1 N–H and O–H groups in total. The summed E-state index contributed by atoms with van der Waals surface area (Å²) < 4.78 is 16.0. The number of nitro benzene ring substituents is 1. The van der Waals surface area contributed by atoms with Crippen LogP contribution in [-0.2, 0) is 0 Å². The second-order valence-corrected chi connectivity index (χ2v) is 5.77. The van der Waals surface area contributed by atoms with Gasteiger partial charge in [0, 0.05) is 23.3 Å². The number of carbonyl (C=O) groups excluding carboxylic acids is 1. The van der Waals surface area contributed by atoms with Crippen molar-refractivity contribution in [2.45, 2.75) is 0 Å². The molecule has 0 bridgehead atoms. The minimum absolute atomic E-state index is 0.00308. The van der Waals surface area contributed by atoms with Crippen molar-refractivity contribution in [2.24, 2.45) is 5.10 Å². The number of fused-ring (bicyclic) bond motifs is 1. The summed E-state index contributed by atoms with van der Waals surface area (Å²) in [5.41, 5.74) is 3.48. The Morgan fingerprint density at radius 1 is 1.07 bits per heavy atom. The first kappa shape index (κ1) is 17.3. The van der Waals surface area contributed by atoms with E-state index in [9.17, 15) is 14.9 Å². The first-order chi connectivity index (χ1) is 13.6. The van der Waals surface area contributed by atoms with Crippen LogP contribution in [0.3, 0.4) is 0 Å². The molecule has 140 valence electrons. The summed E-state index contributed by atoms with van der Waals surface area (Å²) in [4.78, 5) is 22.4. The van der Waals surface area contributed by atoms with E-state index < -0.39 is 10.8 Å². The number of non-ortho nitro benzene ring substituents is 1. The minimum atomic E-state index is -0.465. The summed E-state index contributed by atoms with van der Waals surface area (Å²) in [5.74, 6) is 1.64. The molecule has 0 fully saturated rings. The maximum Gasteiger partial charge on any atom is 0.271 e. The molecule has 1 aromatic heterocycles. The molecule has 0 radical (unpaired) electrons. The molecule has 0 atom stereocenters. The minimum Gasteiger partial charge on any atom is -0.455 e. The molecule has 4 rings (SSSR count). The van der Waals surface area contributed by atoms with E-state index in [0.29, 0.717) is 34.1 Å². The summed E-state index contributed by atoms with van der Waals surface area (Å²) in [6.07, 6.45) is 1.36. The van der Waals surface area contributed by atoms with Crippen molar-refractivity contribution in [1.82, 2.24) is 5.43 Å². The summed E-state index contributed by atoms with van der Waals surface area (Å²) in [7, 11) is 0. The molecule has 0 spiro atoms. The lowest BCUT2D eigenvalue weighted by Gasteiger charge is -2.01. The molecule has 0 saturated heterocycles. The first-order valence-electron chi connectivity index (χ1n) is 8.18. The normalized spacial score (nSPS) is 12.3. The number of ether oxygens (including phenoxy) is 2. The van der Waals surface area contributed by atoms with Crippen LogP contribution in [-0.4, -0.2) is 23.8 Å². The van der Waals surface area contributed by atoms with Gasteiger partial charge in [-0.15, -0.1) is 0 Å². The third-order valence-corrected chi connectivity index (χ3v) is 3.98. The van der Waals surface area contributed by atoms with Crippen LogP contribution in [0.4, 0.5) is 5.69 Å². The van der Waals surface area contributed by atoms with E-state index in [1.54, 1.807) is 42.5 Å². The number of nitrogens with zero attached hydrogens (tertiary/aromatic N) is 2. The molecule has 1 amide bonds. The second kappa shape index (κ2) is 7.23. The van der Waals surface area contributed by atoms with Crippen molar-refractivity contribution >= 4 is 17.8 Å². The van der Waals surface area contributed by atoms with Crippen molar-refractivity contribution in [3.63, 3.8) is 0 Å². The highest BCUT2D eigenvalue weighted by molar-refractivity contribution is 5.95. The van der Waals surface area contributed by atoms with E-state index in [1.807, 2.05) is 0 Å². The zero-order valence-electron chi connectivity index (χ0n) is 14.3. The van der Waals surface area contributed by atoms with Crippen molar-refractivity contribution in [3.05, 3.63) is 76.0 Å². The van der Waals surface area contributed by atoms with Gasteiger partial charge in [-0.2, -0.15) is 5.10 Å². The summed E-state index contributed by atoms with van der Waals surface area (Å²) in [6, 6.07) is 14.2. The number of carbonyl (C=O) groups is 1. The van der Waals surface area contributed by atoms with Gasteiger partial charge in [-0.1, -0.05) is 0 Å². The third-order valence-electron chi connectivity index (χ3n) is 3.98. The van der Waals surface area contributed by atoms with Gasteiger partial charge < -0.3 is 13.9 Å². The standard InChI is InChI=1S/C19H13N3O6/c23-19(13-3-7-17-18(9-13)27-11-26-17)21-20-10-15-6-8-16(28-15)12-1-4-14(5-2-12)22(24)25/h1-10H,11H2,(H,21,23)/b20-10+. The maximum absolute atomic E-state index is 12.1. The predicted molar refractivity (Wildman–Crippen MR) is 98.4 cm³/mol. The van der Waals surface area contributed by atoms with Crippen LogP contribution in [0.5, 0.6) is 11.5 Å². The summed E-state index contributed by atoms with van der Waals surface area (Å²) in [5, 5.41) is 14.6. The Hall–Kier alpha value is -4.14. The number of benzene rings is 2. The molecule has 2 aromatic carbocycles. The second-order valence-electron chi connectivity index (χ2n) is 5.77. The van der Waals surface area contributed by atoms with E-state index in [1.165, 1.54) is 18.3 Å². The molecule has 1 aliphatic rings. The quantitative estimate of drug-likeness (QED) is 0.413. The molecule has 9 heteroatoms. The fraction of sp³-hybridized carbons (Fsp3) is 0.0526. The van der Waals surface area contributed by atoms with E-state index in [-0.39, 0.29) is 12.5 Å². The van der Waals surface area contributed by atoms with Gasteiger partial charge in [-0.05, 0) is 42.5 Å². The Labute approximate surface area is 158 Å². The predicted octanol–water partition coefficient (Wildman–Crippen LogP) is 3.35. The summed E-state index contributed by atoms with van der Waals surface area (Å²) in [6.45, 7) is 0.133. The molecule has 28 heavy (non-hydrogen) atoms. The third kappa shape index (κ3) is 3.54.